The molecule has 2 N–H and O–H groups in total. The van der Waals surface area contributed by atoms with Gasteiger partial charge in [0.1, 0.15) is 0 Å². The first kappa shape index (κ1) is 15.4. The monoisotopic (exact) mass is 262 g/mol. The fourth-order valence-corrected chi connectivity index (χ4v) is 1.79. The van der Waals surface area contributed by atoms with E-state index in [1.54, 1.807) is 0 Å². The third-order valence-corrected chi connectivity index (χ3v) is 2.89. The van der Waals surface area contributed by atoms with Crippen LogP contribution in [0.2, 0.25) is 0 Å². The van der Waals surface area contributed by atoms with Gasteiger partial charge in [-0.05, 0) is 32.1 Å². The van der Waals surface area contributed by atoms with Crippen LogP contribution >= 0.6 is 0 Å². The zero-order chi connectivity index (χ0) is 13.4. The van der Waals surface area contributed by atoms with Crippen molar-refractivity contribution in [2.45, 2.75) is 50.6 Å². The van der Waals surface area contributed by atoms with Gasteiger partial charge in [0.15, 0.2) is 12.4 Å². The Balaban J connectivity index is 2.07. The second kappa shape index (κ2) is 8.42. The van der Waals surface area contributed by atoms with Crippen LogP contribution in [0.15, 0.2) is 0 Å². The molecule has 6 nitrogen and oxygen atoms in total. The van der Waals surface area contributed by atoms with Gasteiger partial charge in [-0.1, -0.05) is 0 Å². The Morgan fingerprint density at radius 2 is 2.22 bits per heavy atom. The van der Waals surface area contributed by atoms with Crippen LogP contribution in [-0.2, 0) is 19.0 Å². The fraction of sp³-hybridized carbons (Fsp3) is 0.917. The van der Waals surface area contributed by atoms with Crippen molar-refractivity contribution in [2.75, 3.05) is 20.3 Å². The van der Waals surface area contributed by atoms with E-state index in [0.717, 1.165) is 25.9 Å². The molecular weight excluding hydrogens is 240 g/mol. The molecule has 1 rings (SSSR count). The number of aliphatic hydroxyl groups is 2. The summed E-state index contributed by atoms with van der Waals surface area (Å²) in [5.74, 6) is -0.820. The molecule has 6 heteroatoms. The molecule has 1 fully saturated rings. The lowest BCUT2D eigenvalue weighted by Crippen LogP contribution is -2.35. The second-order valence-corrected chi connectivity index (χ2v) is 4.34. The fourth-order valence-electron chi connectivity index (χ4n) is 1.79. The first-order valence-electron chi connectivity index (χ1n) is 6.32. The minimum Gasteiger partial charge on any atom is -0.467 e. The maximum absolute atomic E-state index is 10.9. The average molecular weight is 262 g/mol. The molecule has 1 aliphatic heterocycles. The number of carbonyl (C=O) groups excluding carboxylic acids is 1. The molecule has 0 spiro atoms. The maximum Gasteiger partial charge on any atom is 0.337 e. The van der Waals surface area contributed by atoms with Crippen LogP contribution in [0.5, 0.6) is 0 Å². The van der Waals surface area contributed by atoms with Gasteiger partial charge in [0.2, 0.25) is 0 Å². The predicted molar refractivity (Wildman–Crippen MR) is 62.8 cm³/mol. The van der Waals surface area contributed by atoms with Gasteiger partial charge in [-0.25, -0.2) is 4.79 Å². The summed E-state index contributed by atoms with van der Waals surface area (Å²) < 4.78 is 15.2. The third-order valence-electron chi connectivity index (χ3n) is 2.89. The van der Waals surface area contributed by atoms with E-state index in [-0.39, 0.29) is 12.7 Å². The molecule has 2 unspecified atom stereocenters. The second-order valence-electron chi connectivity index (χ2n) is 4.34. The summed E-state index contributed by atoms with van der Waals surface area (Å²) in [7, 11) is 1.17. The Bertz CT molecular complexity index is 239. The van der Waals surface area contributed by atoms with Gasteiger partial charge in [-0.2, -0.15) is 0 Å². The van der Waals surface area contributed by atoms with Crippen LogP contribution in [0.1, 0.15) is 32.1 Å². The number of esters is 1. The normalized spacial score (nSPS) is 23.4. The largest absolute Gasteiger partial charge is 0.467 e. The number of ether oxygens (including phenoxy) is 3. The van der Waals surface area contributed by atoms with Crippen molar-refractivity contribution in [3.63, 3.8) is 0 Å². The lowest BCUT2D eigenvalue weighted by Gasteiger charge is -2.23. The van der Waals surface area contributed by atoms with Crippen molar-refractivity contribution in [3.05, 3.63) is 0 Å². The van der Waals surface area contributed by atoms with Gasteiger partial charge in [0.05, 0.1) is 13.2 Å². The van der Waals surface area contributed by atoms with Crippen LogP contribution in [-0.4, -0.2) is 55.0 Å². The third kappa shape index (κ3) is 5.30. The average Bonchev–Trinajstić information content (AvgIpc) is 2.42. The number of methoxy groups -OCH3 is 1. The van der Waals surface area contributed by atoms with Crippen molar-refractivity contribution in [2.24, 2.45) is 0 Å². The van der Waals surface area contributed by atoms with E-state index in [1.165, 1.54) is 7.11 Å². The number of aliphatic hydroxyl groups excluding tert-OH is 2. The summed E-state index contributed by atoms with van der Waals surface area (Å²) in [6, 6.07) is 0. The molecule has 0 aromatic heterocycles. The highest BCUT2D eigenvalue weighted by Gasteiger charge is 2.24. The molecule has 1 saturated heterocycles. The Labute approximate surface area is 107 Å². The first-order valence-corrected chi connectivity index (χ1v) is 6.32. The molecule has 0 aliphatic carbocycles. The van der Waals surface area contributed by atoms with E-state index in [1.807, 2.05) is 0 Å². The molecule has 0 bridgehead atoms. The summed E-state index contributed by atoms with van der Waals surface area (Å²) in [6.07, 6.45) is 1.15. The predicted octanol–water partition coefficient (Wildman–Crippen LogP) is 0.205. The van der Waals surface area contributed by atoms with Gasteiger partial charge in [-0.15, -0.1) is 0 Å². The van der Waals surface area contributed by atoms with Crippen LogP contribution in [0.4, 0.5) is 0 Å². The Hall–Kier alpha value is -0.690. The molecule has 106 valence electrons. The number of hydrogen-bond donors (Lipinski definition) is 2. The van der Waals surface area contributed by atoms with E-state index >= 15 is 0 Å². The molecule has 0 amide bonds. The van der Waals surface area contributed by atoms with Gasteiger partial charge in [0, 0.05) is 13.2 Å². The van der Waals surface area contributed by atoms with E-state index < -0.39 is 18.2 Å². The van der Waals surface area contributed by atoms with Gasteiger partial charge < -0.3 is 24.4 Å². The number of rotatable bonds is 7. The topological polar surface area (TPSA) is 85.2 Å². The molecule has 0 radical (unpaired) electrons. The summed E-state index contributed by atoms with van der Waals surface area (Å²) in [4.78, 5) is 10.9. The highest BCUT2D eigenvalue weighted by atomic mass is 16.7. The van der Waals surface area contributed by atoms with Crippen LogP contribution in [0.25, 0.3) is 0 Å². The Kier molecular flexibility index (Phi) is 7.19. The minimum absolute atomic E-state index is 0.151. The van der Waals surface area contributed by atoms with Crippen molar-refractivity contribution in [1.29, 1.82) is 0 Å². The Morgan fingerprint density at radius 3 is 2.83 bits per heavy atom. The van der Waals surface area contributed by atoms with Crippen molar-refractivity contribution >= 4 is 5.97 Å². The highest BCUT2D eigenvalue weighted by molar-refractivity contribution is 5.74. The summed E-state index contributed by atoms with van der Waals surface area (Å²) in [5.41, 5.74) is 0. The number of hydrogen-bond acceptors (Lipinski definition) is 6. The summed E-state index contributed by atoms with van der Waals surface area (Å²) >= 11 is 0. The van der Waals surface area contributed by atoms with Gasteiger partial charge in [-0.3, -0.25) is 0 Å². The zero-order valence-electron chi connectivity index (χ0n) is 10.7. The van der Waals surface area contributed by atoms with E-state index in [4.69, 9.17) is 9.47 Å². The minimum atomic E-state index is -1.49. The zero-order valence-corrected chi connectivity index (χ0v) is 10.7. The summed E-state index contributed by atoms with van der Waals surface area (Å²) in [6.45, 7) is 1.17. The van der Waals surface area contributed by atoms with Gasteiger partial charge in [0.25, 0.3) is 0 Å². The van der Waals surface area contributed by atoms with Crippen LogP contribution < -0.4 is 0 Å². The van der Waals surface area contributed by atoms with Crippen molar-refractivity contribution in [3.8, 4) is 0 Å². The molecular formula is C12H22O6. The smallest absolute Gasteiger partial charge is 0.337 e. The standard InChI is InChI=1S/C12H22O6/c1-16-12(15)11(14)9(13)5-4-8-18-10-6-2-3-7-17-10/h9-11,13-14H,2-8H2,1H3/t9?,10?,11-/m0/s1. The first-order chi connectivity index (χ1) is 8.65. The van der Waals surface area contributed by atoms with Crippen LogP contribution in [0.3, 0.4) is 0 Å². The lowest BCUT2D eigenvalue weighted by atomic mass is 10.1. The van der Waals surface area contributed by atoms with Crippen molar-refractivity contribution in [1.82, 2.24) is 0 Å². The number of carbonyl (C=O) groups is 1. The van der Waals surface area contributed by atoms with Crippen molar-refractivity contribution < 1.29 is 29.2 Å². The van der Waals surface area contributed by atoms with Crippen LogP contribution in [0, 0.1) is 0 Å². The molecule has 3 atom stereocenters. The summed E-state index contributed by atoms with van der Waals surface area (Å²) in [5, 5.41) is 18.9. The van der Waals surface area contributed by atoms with E-state index in [2.05, 4.69) is 4.74 Å². The van der Waals surface area contributed by atoms with Gasteiger partial charge >= 0.3 is 5.97 Å². The quantitative estimate of drug-likeness (QED) is 0.504. The lowest BCUT2D eigenvalue weighted by molar-refractivity contribution is -0.165. The molecule has 18 heavy (non-hydrogen) atoms. The molecule has 1 aliphatic rings. The highest BCUT2D eigenvalue weighted by Crippen LogP contribution is 2.14. The molecule has 1 heterocycles. The van der Waals surface area contributed by atoms with E-state index in [0.29, 0.717) is 13.0 Å². The Morgan fingerprint density at radius 1 is 1.44 bits per heavy atom. The maximum atomic E-state index is 10.9. The molecule has 0 aromatic rings. The van der Waals surface area contributed by atoms with E-state index in [9.17, 15) is 15.0 Å². The molecule has 0 saturated carbocycles. The SMILES string of the molecule is COC(=O)[C@@H](O)C(O)CCCOC1CCCCO1. The molecule has 0 aromatic carbocycles.